The lowest BCUT2D eigenvalue weighted by Gasteiger charge is -2.30. The fraction of sp³-hybridized carbons (Fsp3) is 0.266. The summed E-state index contributed by atoms with van der Waals surface area (Å²) in [5.41, 5.74) is 5.91. The average molecular weight is 1330 g/mol. The number of Topliss-reactive ketones (excluding diaryl/α,β-unsaturated/α-hetero) is 2. The van der Waals surface area contributed by atoms with Crippen LogP contribution in [-0.4, -0.2) is 112 Å². The van der Waals surface area contributed by atoms with Gasteiger partial charge in [-0.05, 0) is 132 Å². The lowest BCUT2D eigenvalue weighted by Crippen LogP contribution is -2.36. The normalized spacial score (nSPS) is 14.1. The van der Waals surface area contributed by atoms with Crippen molar-refractivity contribution in [2.24, 2.45) is 11.8 Å². The minimum Gasteiger partial charge on any atom is -0.481 e. The summed E-state index contributed by atoms with van der Waals surface area (Å²) in [5, 5.41) is 12.0. The third-order valence-electron chi connectivity index (χ3n) is 15.2. The topological polar surface area (TPSA) is 268 Å². The van der Waals surface area contributed by atoms with Crippen molar-refractivity contribution >= 4 is 129 Å². The molecule has 8 aromatic rings. The van der Waals surface area contributed by atoms with Crippen LogP contribution in [0.15, 0.2) is 140 Å². The number of carbonyl (C=O) groups is 7. The highest BCUT2D eigenvalue weighted by atomic mass is 35.5. The van der Waals surface area contributed by atoms with Crippen LogP contribution in [0, 0.1) is 11.8 Å². The Balaban J connectivity index is 0.000000214. The first-order chi connectivity index (χ1) is 42.2. The van der Waals surface area contributed by atoms with Crippen molar-refractivity contribution in [3.05, 3.63) is 197 Å². The Morgan fingerprint density at radius 2 is 1.02 bits per heavy atom. The Bertz CT molecular complexity index is 4390. The molecule has 4 heterocycles. The first-order valence-corrected chi connectivity index (χ1v) is 32.8. The van der Waals surface area contributed by atoms with E-state index in [1.54, 1.807) is 70.9 Å². The van der Waals surface area contributed by atoms with Gasteiger partial charge in [-0.1, -0.05) is 82.8 Å². The quantitative estimate of drug-likeness (QED) is 0.0475. The van der Waals surface area contributed by atoms with E-state index in [1.807, 2.05) is 24.3 Å². The van der Waals surface area contributed by atoms with Crippen molar-refractivity contribution in [1.82, 2.24) is 9.80 Å². The molecule has 10 rings (SSSR count). The number of methoxy groups -OCH3 is 1. The van der Waals surface area contributed by atoms with Gasteiger partial charge in [-0.2, -0.15) is 0 Å². The van der Waals surface area contributed by atoms with Crippen molar-refractivity contribution in [3.63, 3.8) is 0 Å². The summed E-state index contributed by atoms with van der Waals surface area (Å²) < 4.78 is 73.5. The molecule has 3 atom stereocenters. The number of halogens is 4. The van der Waals surface area contributed by atoms with Gasteiger partial charge in [0.15, 0.2) is 31.2 Å². The zero-order valence-corrected chi connectivity index (χ0v) is 52.7. The van der Waals surface area contributed by atoms with Crippen LogP contribution in [0.2, 0.25) is 20.1 Å². The molecule has 0 saturated carbocycles. The average Bonchev–Trinajstić information content (AvgIpc) is 1.52. The first-order valence-electron chi connectivity index (χ1n) is 27.5. The molecule has 0 radical (unpaired) electrons. The fourth-order valence-corrected chi connectivity index (χ4v) is 13.7. The SMILES string of the molecule is COC(=O)OC(C)OC(=O)[C@@H](CC(=O)c1c(Cl)cc2c(c1Cl)CCN(C(=O)c1ccc3ccoc3c1)C2)Cc1cccc(S(C)(=O)=O)c1.CS(=O)(=O)c1cccc(C[C@H](CC(=O)c2c(Cl)cc3c(c2Cl)CCN(C(=O)c2ccc4ccoc4c2)C3)C(=O)O)c1. The zero-order chi connectivity index (χ0) is 64.2. The largest absolute Gasteiger partial charge is 0.511 e. The van der Waals surface area contributed by atoms with E-state index in [1.165, 1.54) is 43.3 Å². The molecule has 25 heteroatoms. The Kier molecular flexibility index (Phi) is 20.1. The lowest BCUT2D eigenvalue weighted by molar-refractivity contribution is -0.172. The van der Waals surface area contributed by atoms with Gasteiger partial charge >= 0.3 is 18.1 Å². The van der Waals surface area contributed by atoms with E-state index in [-0.39, 0.29) is 85.2 Å². The zero-order valence-electron chi connectivity index (χ0n) is 48.1. The summed E-state index contributed by atoms with van der Waals surface area (Å²) in [5.74, 6) is -5.80. The second kappa shape index (κ2) is 27.4. The highest BCUT2D eigenvalue weighted by Gasteiger charge is 2.34. The van der Waals surface area contributed by atoms with Gasteiger partial charge in [0.05, 0.1) is 72.5 Å². The molecule has 19 nitrogen and oxygen atoms in total. The van der Waals surface area contributed by atoms with Gasteiger partial charge in [-0.25, -0.2) is 21.6 Å². The molecule has 89 heavy (non-hydrogen) atoms. The predicted octanol–water partition coefficient (Wildman–Crippen LogP) is 12.3. The van der Waals surface area contributed by atoms with Gasteiger partial charge in [0.1, 0.15) is 11.2 Å². The molecule has 0 fully saturated rings. The van der Waals surface area contributed by atoms with E-state index in [4.69, 9.17) is 64.7 Å². The van der Waals surface area contributed by atoms with Crippen LogP contribution in [0.4, 0.5) is 4.79 Å². The number of carbonyl (C=O) groups excluding carboxylic acids is 6. The van der Waals surface area contributed by atoms with E-state index in [2.05, 4.69) is 4.74 Å². The Morgan fingerprint density at radius 1 is 0.584 bits per heavy atom. The van der Waals surface area contributed by atoms with Gasteiger partial charge in [0.25, 0.3) is 11.8 Å². The Hall–Kier alpha value is -8.05. The molecule has 1 unspecified atom stereocenters. The van der Waals surface area contributed by atoms with Crippen molar-refractivity contribution in [2.45, 2.75) is 74.6 Å². The highest BCUT2D eigenvalue weighted by Crippen LogP contribution is 2.39. The van der Waals surface area contributed by atoms with E-state index in [0.717, 1.165) is 30.4 Å². The maximum absolute atomic E-state index is 13.8. The monoisotopic (exact) mass is 1330 g/mol. The summed E-state index contributed by atoms with van der Waals surface area (Å²) in [6, 6.07) is 29.3. The van der Waals surface area contributed by atoms with E-state index in [0.29, 0.717) is 81.6 Å². The molecule has 2 aromatic heterocycles. The van der Waals surface area contributed by atoms with Crippen molar-refractivity contribution in [1.29, 1.82) is 0 Å². The number of esters is 1. The number of carboxylic acids is 1. The number of amides is 2. The maximum Gasteiger partial charge on any atom is 0.511 e. The molecule has 1 N–H and O–H groups in total. The Labute approximate surface area is 531 Å². The van der Waals surface area contributed by atoms with E-state index >= 15 is 0 Å². The van der Waals surface area contributed by atoms with Crippen LogP contribution >= 0.6 is 46.4 Å². The molecule has 464 valence electrons. The lowest BCUT2D eigenvalue weighted by atomic mass is 9.89. The smallest absolute Gasteiger partial charge is 0.481 e. The van der Waals surface area contributed by atoms with Crippen LogP contribution < -0.4 is 0 Å². The van der Waals surface area contributed by atoms with Gasteiger partial charge in [0.2, 0.25) is 6.29 Å². The number of ketones is 2. The molecule has 0 saturated heterocycles. The summed E-state index contributed by atoms with van der Waals surface area (Å²) in [7, 11) is -5.94. The number of carboxylic acid groups (broad SMARTS) is 1. The summed E-state index contributed by atoms with van der Waals surface area (Å²) in [6.07, 6.45) is 2.65. The van der Waals surface area contributed by atoms with Crippen molar-refractivity contribution in [2.75, 3.05) is 32.7 Å². The number of rotatable bonds is 18. The van der Waals surface area contributed by atoms with Crippen molar-refractivity contribution in [3.8, 4) is 0 Å². The molecular formula is C64H56Cl4N2O17S2. The maximum atomic E-state index is 13.8. The number of hydrogen-bond donors (Lipinski definition) is 1. The number of nitrogens with zero attached hydrogens (tertiary/aromatic N) is 2. The number of sulfone groups is 2. The predicted molar refractivity (Wildman–Crippen MR) is 330 cm³/mol. The fourth-order valence-electron chi connectivity index (χ4n) is 10.7. The number of ether oxygens (including phenoxy) is 3. The van der Waals surface area contributed by atoms with Gasteiger partial charge < -0.3 is 38.0 Å². The number of benzene rings is 6. The second-order valence-electron chi connectivity index (χ2n) is 21.5. The molecule has 6 aromatic carbocycles. The van der Waals surface area contributed by atoms with Crippen LogP contribution in [0.5, 0.6) is 0 Å². The number of hydrogen-bond acceptors (Lipinski definition) is 16. The minimum absolute atomic E-state index is 0.0154. The first kappa shape index (κ1) is 65.4. The summed E-state index contributed by atoms with van der Waals surface area (Å²) >= 11 is 26.6. The standard InChI is InChI=1S/C34H31Cl2NO10S.C30H25Cl2NO7S/c1-19(47-34(41)44-2)46-33(40)23(13-20-5-4-6-25(14-20)48(3,42)43)16-28(38)30-27(35)15-24-18-37(11-9-26(24)31(30)36)32(39)22-8-7-21-10-12-45-29(21)17-22;1-41(38,39)22-4-2-3-17(12-22)11-20(30(36)37)14-25(34)27-24(31)13-21-16-33(9-7-23(21)28(27)32)29(35)19-6-5-18-8-10-40-26(18)15-19/h4-8,10,12,14-15,17,19,23H,9,11,13,16,18H2,1-3H3;2-6,8,10,12-13,15,20H,7,9,11,14,16H2,1H3,(H,36,37)/t19?,23-;20-/m11/s1. The van der Waals surface area contributed by atoms with Crippen LogP contribution in [0.1, 0.15) is 94.6 Å². The molecule has 2 amide bonds. The van der Waals surface area contributed by atoms with Crippen molar-refractivity contribution < 1.29 is 78.5 Å². The third kappa shape index (κ3) is 15.3. The third-order valence-corrected chi connectivity index (χ3v) is 18.9. The Morgan fingerprint density at radius 3 is 1.45 bits per heavy atom. The molecule has 2 aliphatic heterocycles. The number of furan rings is 2. The highest BCUT2D eigenvalue weighted by molar-refractivity contribution is 7.91. The molecule has 2 aliphatic rings. The summed E-state index contributed by atoms with van der Waals surface area (Å²) in [6.45, 7) is 2.46. The molecular weight excluding hydrogens is 1270 g/mol. The van der Waals surface area contributed by atoms with Crippen LogP contribution in [-0.2, 0) is 82.2 Å². The molecule has 0 bridgehead atoms. The number of aliphatic carboxylic acids is 1. The van der Waals surface area contributed by atoms with Gasteiger partial charge in [-0.15, -0.1) is 0 Å². The summed E-state index contributed by atoms with van der Waals surface area (Å²) in [4.78, 5) is 94.0. The molecule has 0 aliphatic carbocycles. The van der Waals surface area contributed by atoms with E-state index < -0.39 is 73.9 Å². The minimum atomic E-state index is -3.55. The van der Waals surface area contributed by atoms with Gasteiger partial charge in [-0.3, -0.25) is 28.8 Å². The van der Waals surface area contributed by atoms with Gasteiger partial charge in [0, 0.05) is 80.4 Å². The second-order valence-corrected chi connectivity index (χ2v) is 27.1. The van der Waals surface area contributed by atoms with Crippen LogP contribution in [0.25, 0.3) is 21.9 Å². The molecule has 0 spiro atoms. The number of fused-ring (bicyclic) bond motifs is 4. The van der Waals surface area contributed by atoms with Crippen LogP contribution in [0.3, 0.4) is 0 Å². The van der Waals surface area contributed by atoms with E-state index in [9.17, 15) is 55.5 Å².